The predicted molar refractivity (Wildman–Crippen MR) is 77.0 cm³/mol. The molecular formula is C15H24N2O. The van der Waals surface area contributed by atoms with Crippen LogP contribution in [0, 0.1) is 5.92 Å². The second-order valence-electron chi connectivity index (χ2n) is 5.01. The Kier molecular flexibility index (Phi) is 5.20. The molecule has 0 aliphatic heterocycles. The third-order valence-electron chi connectivity index (χ3n) is 3.41. The van der Waals surface area contributed by atoms with Gasteiger partial charge in [0.25, 0.3) is 5.91 Å². The number of hydrogen-bond acceptors (Lipinski definition) is 2. The maximum atomic E-state index is 12.3. The highest BCUT2D eigenvalue weighted by atomic mass is 16.2. The van der Waals surface area contributed by atoms with Gasteiger partial charge in [0.2, 0.25) is 0 Å². The summed E-state index contributed by atoms with van der Waals surface area (Å²) in [4.78, 5) is 14.1. The van der Waals surface area contributed by atoms with Crippen LogP contribution in [0.25, 0.3) is 0 Å². The average Bonchev–Trinajstić information content (AvgIpc) is 2.37. The predicted octanol–water partition coefficient (Wildman–Crippen LogP) is 3.23. The van der Waals surface area contributed by atoms with Gasteiger partial charge in [-0.1, -0.05) is 13.8 Å². The van der Waals surface area contributed by atoms with Crippen molar-refractivity contribution in [3.63, 3.8) is 0 Å². The quantitative estimate of drug-likeness (QED) is 0.867. The van der Waals surface area contributed by atoms with Gasteiger partial charge in [-0.3, -0.25) is 4.79 Å². The van der Waals surface area contributed by atoms with E-state index in [0.717, 1.165) is 17.8 Å². The van der Waals surface area contributed by atoms with E-state index >= 15 is 0 Å². The van der Waals surface area contributed by atoms with Gasteiger partial charge in [-0.25, -0.2) is 0 Å². The number of carbonyl (C=O) groups excluding carboxylic acids is 1. The smallest absolute Gasteiger partial charge is 0.253 e. The van der Waals surface area contributed by atoms with Crippen molar-refractivity contribution in [2.24, 2.45) is 5.92 Å². The largest absolute Gasteiger partial charge is 0.385 e. The van der Waals surface area contributed by atoms with Crippen LogP contribution in [-0.2, 0) is 0 Å². The van der Waals surface area contributed by atoms with Gasteiger partial charge >= 0.3 is 0 Å². The van der Waals surface area contributed by atoms with Gasteiger partial charge in [-0.2, -0.15) is 0 Å². The zero-order valence-corrected chi connectivity index (χ0v) is 12.0. The molecule has 3 heteroatoms. The van der Waals surface area contributed by atoms with E-state index in [2.05, 4.69) is 33.0 Å². The lowest BCUT2D eigenvalue weighted by Gasteiger charge is -2.28. The van der Waals surface area contributed by atoms with E-state index in [1.165, 1.54) is 0 Å². The summed E-state index contributed by atoms with van der Waals surface area (Å²) < 4.78 is 0. The molecule has 1 rings (SSSR count). The summed E-state index contributed by atoms with van der Waals surface area (Å²) >= 11 is 0. The highest BCUT2D eigenvalue weighted by molar-refractivity contribution is 5.94. The third-order valence-corrected chi connectivity index (χ3v) is 3.41. The van der Waals surface area contributed by atoms with E-state index < -0.39 is 0 Å². The summed E-state index contributed by atoms with van der Waals surface area (Å²) in [5.74, 6) is 0.541. The fourth-order valence-corrected chi connectivity index (χ4v) is 1.77. The van der Waals surface area contributed by atoms with E-state index in [9.17, 15) is 4.79 Å². The molecule has 0 radical (unpaired) electrons. The minimum absolute atomic E-state index is 0.0826. The van der Waals surface area contributed by atoms with Crippen LogP contribution in [0.2, 0.25) is 0 Å². The van der Waals surface area contributed by atoms with Crippen LogP contribution in [0.15, 0.2) is 24.3 Å². The van der Waals surface area contributed by atoms with E-state index in [1.54, 1.807) is 0 Å². The van der Waals surface area contributed by atoms with Crippen LogP contribution in [-0.4, -0.2) is 30.4 Å². The lowest BCUT2D eigenvalue weighted by molar-refractivity contribution is 0.0707. The van der Waals surface area contributed by atoms with Gasteiger partial charge in [0.15, 0.2) is 0 Å². The summed E-state index contributed by atoms with van der Waals surface area (Å²) in [6, 6.07) is 7.90. The molecule has 1 N–H and O–H groups in total. The molecule has 0 aliphatic carbocycles. The van der Waals surface area contributed by atoms with E-state index in [-0.39, 0.29) is 11.9 Å². The molecule has 1 amide bonds. The van der Waals surface area contributed by atoms with Crippen molar-refractivity contribution in [2.75, 3.05) is 18.9 Å². The molecule has 0 spiro atoms. The van der Waals surface area contributed by atoms with Crippen LogP contribution >= 0.6 is 0 Å². The molecule has 0 saturated heterocycles. The normalized spacial score (nSPS) is 12.3. The van der Waals surface area contributed by atoms with Crippen molar-refractivity contribution >= 4 is 11.6 Å². The molecule has 0 saturated carbocycles. The molecule has 1 unspecified atom stereocenters. The summed E-state index contributed by atoms with van der Waals surface area (Å²) in [6.07, 6.45) is 0. The first-order chi connectivity index (χ1) is 8.47. The van der Waals surface area contributed by atoms with E-state index in [4.69, 9.17) is 0 Å². The van der Waals surface area contributed by atoms with Gasteiger partial charge in [-0.05, 0) is 44.0 Å². The summed E-state index contributed by atoms with van der Waals surface area (Å²) in [5.41, 5.74) is 1.79. The number of carbonyl (C=O) groups is 1. The molecule has 1 aromatic rings. The van der Waals surface area contributed by atoms with Crippen molar-refractivity contribution in [1.29, 1.82) is 0 Å². The number of amides is 1. The van der Waals surface area contributed by atoms with Gasteiger partial charge in [0, 0.05) is 30.9 Å². The fraction of sp³-hybridized carbons (Fsp3) is 0.533. The Balaban J connectivity index is 2.77. The molecule has 3 nitrogen and oxygen atoms in total. The van der Waals surface area contributed by atoms with Gasteiger partial charge in [-0.15, -0.1) is 0 Å². The Bertz CT molecular complexity index is 384. The van der Waals surface area contributed by atoms with Crippen LogP contribution in [0.1, 0.15) is 38.1 Å². The molecule has 0 bridgehead atoms. The number of nitrogens with zero attached hydrogens (tertiary/aromatic N) is 1. The van der Waals surface area contributed by atoms with Gasteiger partial charge in [0.1, 0.15) is 0 Å². The molecule has 0 fully saturated rings. The first-order valence-electron chi connectivity index (χ1n) is 6.58. The monoisotopic (exact) mass is 248 g/mol. The molecule has 0 aromatic heterocycles. The number of benzene rings is 1. The second kappa shape index (κ2) is 6.43. The van der Waals surface area contributed by atoms with Crippen LogP contribution in [0.5, 0.6) is 0 Å². The Morgan fingerprint density at radius 2 is 1.78 bits per heavy atom. The SMILES string of the molecule is CCNc1ccc(C(=O)N(C)C(C)C(C)C)cc1. The highest BCUT2D eigenvalue weighted by Crippen LogP contribution is 2.14. The topological polar surface area (TPSA) is 32.3 Å². The first kappa shape index (κ1) is 14.6. The Hall–Kier alpha value is -1.51. The Morgan fingerprint density at radius 1 is 1.22 bits per heavy atom. The van der Waals surface area contributed by atoms with Crippen molar-refractivity contribution in [3.05, 3.63) is 29.8 Å². The summed E-state index contributed by atoms with van der Waals surface area (Å²) in [6.45, 7) is 9.27. The van der Waals surface area contributed by atoms with Crippen molar-refractivity contribution in [2.45, 2.75) is 33.7 Å². The molecule has 0 aliphatic rings. The van der Waals surface area contributed by atoms with Crippen molar-refractivity contribution < 1.29 is 4.79 Å². The van der Waals surface area contributed by atoms with Crippen molar-refractivity contribution in [1.82, 2.24) is 4.90 Å². The van der Waals surface area contributed by atoms with E-state index in [1.807, 2.05) is 36.2 Å². The lowest BCUT2D eigenvalue weighted by atomic mass is 10.0. The molecule has 1 aromatic carbocycles. The summed E-state index contributed by atoms with van der Waals surface area (Å²) in [5, 5.41) is 3.22. The zero-order chi connectivity index (χ0) is 13.7. The van der Waals surface area contributed by atoms with Gasteiger partial charge in [0.05, 0.1) is 0 Å². The Labute approximate surface area is 110 Å². The number of anilines is 1. The molecular weight excluding hydrogens is 224 g/mol. The number of rotatable bonds is 5. The van der Waals surface area contributed by atoms with Crippen LogP contribution in [0.4, 0.5) is 5.69 Å². The van der Waals surface area contributed by atoms with Crippen LogP contribution in [0.3, 0.4) is 0 Å². The number of hydrogen-bond donors (Lipinski definition) is 1. The second-order valence-corrected chi connectivity index (χ2v) is 5.01. The fourth-order valence-electron chi connectivity index (χ4n) is 1.77. The molecule has 0 heterocycles. The minimum atomic E-state index is 0.0826. The molecule has 1 atom stereocenters. The first-order valence-corrected chi connectivity index (χ1v) is 6.58. The highest BCUT2D eigenvalue weighted by Gasteiger charge is 2.19. The zero-order valence-electron chi connectivity index (χ0n) is 12.0. The maximum Gasteiger partial charge on any atom is 0.253 e. The lowest BCUT2D eigenvalue weighted by Crippen LogP contribution is -2.38. The van der Waals surface area contributed by atoms with Crippen molar-refractivity contribution in [3.8, 4) is 0 Å². The Morgan fingerprint density at radius 3 is 2.22 bits per heavy atom. The third kappa shape index (κ3) is 3.49. The standard InChI is InChI=1S/C15H24N2O/c1-6-16-14-9-7-13(8-10-14)15(18)17(5)12(4)11(2)3/h7-12,16H,6H2,1-5H3. The maximum absolute atomic E-state index is 12.3. The minimum Gasteiger partial charge on any atom is -0.385 e. The van der Waals surface area contributed by atoms with Gasteiger partial charge < -0.3 is 10.2 Å². The average molecular weight is 248 g/mol. The molecule has 18 heavy (non-hydrogen) atoms. The van der Waals surface area contributed by atoms with Crippen LogP contribution < -0.4 is 5.32 Å². The number of nitrogens with one attached hydrogen (secondary N) is 1. The van der Waals surface area contributed by atoms with E-state index in [0.29, 0.717) is 5.92 Å². The molecule has 100 valence electrons. The summed E-state index contributed by atoms with van der Waals surface area (Å²) in [7, 11) is 1.87.